The Morgan fingerprint density at radius 3 is 2.36 bits per heavy atom. The van der Waals surface area contributed by atoms with Crippen molar-refractivity contribution in [2.24, 2.45) is 5.92 Å². The maximum absolute atomic E-state index is 11.4. The zero-order chi connectivity index (χ0) is 10.6. The molecule has 0 aromatic heterocycles. The lowest BCUT2D eigenvalue weighted by molar-refractivity contribution is -0.121. The molecule has 3 heteroatoms. The fourth-order valence-corrected chi connectivity index (χ4v) is 2.15. The molecule has 0 radical (unpaired) electrons. The van der Waals surface area contributed by atoms with Gasteiger partial charge in [-0.15, -0.1) is 11.6 Å². The van der Waals surface area contributed by atoms with Gasteiger partial charge in [0.2, 0.25) is 5.91 Å². The van der Waals surface area contributed by atoms with Crippen LogP contribution in [0.3, 0.4) is 0 Å². The summed E-state index contributed by atoms with van der Waals surface area (Å²) >= 11 is 5.70. The number of rotatable bonds is 3. The van der Waals surface area contributed by atoms with Gasteiger partial charge in [-0.2, -0.15) is 0 Å². The monoisotopic (exact) mass is 217 g/mol. The highest BCUT2D eigenvalue weighted by molar-refractivity contribution is 6.30. The van der Waals surface area contributed by atoms with E-state index in [-0.39, 0.29) is 11.9 Å². The summed E-state index contributed by atoms with van der Waals surface area (Å²) in [6, 6.07) is 0.281. The molecule has 2 unspecified atom stereocenters. The van der Waals surface area contributed by atoms with Crippen LogP contribution in [0.25, 0.3) is 0 Å². The summed E-state index contributed by atoms with van der Waals surface area (Å²) < 4.78 is 0. The van der Waals surface area contributed by atoms with Crippen molar-refractivity contribution in [1.82, 2.24) is 5.32 Å². The van der Waals surface area contributed by atoms with Gasteiger partial charge in [0.1, 0.15) is 5.38 Å². The molecule has 0 aromatic carbocycles. The zero-order valence-corrected chi connectivity index (χ0v) is 9.81. The van der Waals surface area contributed by atoms with Gasteiger partial charge in [-0.1, -0.05) is 19.3 Å². The highest BCUT2D eigenvalue weighted by Crippen LogP contribution is 2.26. The molecule has 1 aliphatic carbocycles. The molecule has 2 nitrogen and oxygen atoms in total. The second-order valence-corrected chi connectivity index (χ2v) is 4.97. The van der Waals surface area contributed by atoms with Crippen LogP contribution in [0, 0.1) is 5.92 Å². The second kappa shape index (κ2) is 5.59. The molecule has 0 aliphatic heterocycles. The molecule has 1 fully saturated rings. The first-order valence-corrected chi connectivity index (χ1v) is 5.99. The molecule has 0 bridgehead atoms. The van der Waals surface area contributed by atoms with Crippen LogP contribution in [-0.2, 0) is 4.79 Å². The smallest absolute Gasteiger partial charge is 0.237 e. The van der Waals surface area contributed by atoms with Gasteiger partial charge in [-0.05, 0) is 32.6 Å². The normalized spacial score (nSPS) is 22.8. The first-order chi connectivity index (χ1) is 6.61. The van der Waals surface area contributed by atoms with Crippen LogP contribution in [0.4, 0.5) is 0 Å². The Labute approximate surface area is 91.4 Å². The number of amides is 1. The van der Waals surface area contributed by atoms with Crippen molar-refractivity contribution in [3.8, 4) is 0 Å². The Bertz CT molecular complexity index is 188. The lowest BCUT2D eigenvalue weighted by atomic mass is 9.84. The number of nitrogens with one attached hydrogen (secondary N) is 1. The average molecular weight is 218 g/mol. The largest absolute Gasteiger partial charge is 0.352 e. The molecule has 2 atom stereocenters. The number of halogens is 1. The highest BCUT2D eigenvalue weighted by Gasteiger charge is 2.22. The maximum atomic E-state index is 11.4. The standard InChI is InChI=1S/C11H20ClNO/c1-8(12)11(14)13-9(2)10-6-4-3-5-7-10/h8-10H,3-7H2,1-2H3,(H,13,14). The van der Waals surface area contributed by atoms with Crippen molar-refractivity contribution in [1.29, 1.82) is 0 Å². The molecule has 0 aromatic rings. The SMILES string of the molecule is CC(Cl)C(=O)NC(C)C1CCCCC1. The van der Waals surface area contributed by atoms with Crippen LogP contribution in [0.15, 0.2) is 0 Å². The lowest BCUT2D eigenvalue weighted by Gasteiger charge is -2.28. The van der Waals surface area contributed by atoms with Crippen LogP contribution in [0.1, 0.15) is 46.0 Å². The van der Waals surface area contributed by atoms with Crippen LogP contribution >= 0.6 is 11.6 Å². The van der Waals surface area contributed by atoms with Gasteiger partial charge in [0.05, 0.1) is 0 Å². The summed E-state index contributed by atoms with van der Waals surface area (Å²) in [6.45, 7) is 3.80. The van der Waals surface area contributed by atoms with Crippen molar-refractivity contribution < 1.29 is 4.79 Å². The third-order valence-corrected chi connectivity index (χ3v) is 3.29. The topological polar surface area (TPSA) is 29.1 Å². The first-order valence-electron chi connectivity index (χ1n) is 5.55. The van der Waals surface area contributed by atoms with Gasteiger partial charge in [-0.3, -0.25) is 4.79 Å². The molecule has 0 heterocycles. The van der Waals surface area contributed by atoms with Crippen LogP contribution < -0.4 is 5.32 Å². The molecule has 1 rings (SSSR count). The van der Waals surface area contributed by atoms with Crippen molar-refractivity contribution in [2.45, 2.75) is 57.4 Å². The minimum atomic E-state index is -0.416. The average Bonchev–Trinajstić information content (AvgIpc) is 2.19. The molecule has 82 valence electrons. The molecule has 1 amide bonds. The Morgan fingerprint density at radius 2 is 1.86 bits per heavy atom. The minimum Gasteiger partial charge on any atom is -0.352 e. The summed E-state index contributed by atoms with van der Waals surface area (Å²) in [5.41, 5.74) is 0. The highest BCUT2D eigenvalue weighted by atomic mass is 35.5. The molecule has 1 aliphatic rings. The number of carbonyl (C=O) groups is 1. The number of hydrogen-bond donors (Lipinski definition) is 1. The van der Waals surface area contributed by atoms with Gasteiger partial charge >= 0.3 is 0 Å². The molecule has 0 saturated heterocycles. The summed E-state index contributed by atoms with van der Waals surface area (Å²) in [7, 11) is 0. The lowest BCUT2D eigenvalue weighted by Crippen LogP contribution is -2.41. The molecular formula is C11H20ClNO. The van der Waals surface area contributed by atoms with Gasteiger partial charge < -0.3 is 5.32 Å². The van der Waals surface area contributed by atoms with E-state index in [1.165, 1.54) is 32.1 Å². The quantitative estimate of drug-likeness (QED) is 0.724. The van der Waals surface area contributed by atoms with E-state index in [0.29, 0.717) is 5.92 Å². The summed E-state index contributed by atoms with van der Waals surface area (Å²) in [6.07, 6.45) is 6.46. The predicted octanol–water partition coefficient (Wildman–Crippen LogP) is 2.70. The predicted molar refractivity (Wildman–Crippen MR) is 59.5 cm³/mol. The van der Waals surface area contributed by atoms with Crippen LogP contribution in [0.2, 0.25) is 0 Å². The Balaban J connectivity index is 2.32. The first kappa shape index (κ1) is 11.8. The molecule has 1 saturated carbocycles. The van der Waals surface area contributed by atoms with E-state index in [4.69, 9.17) is 11.6 Å². The Hall–Kier alpha value is -0.240. The molecular weight excluding hydrogens is 198 g/mol. The summed E-state index contributed by atoms with van der Waals surface area (Å²) in [5.74, 6) is 0.618. The van der Waals surface area contributed by atoms with E-state index in [2.05, 4.69) is 12.2 Å². The molecule has 14 heavy (non-hydrogen) atoms. The van der Waals surface area contributed by atoms with Crippen molar-refractivity contribution in [3.05, 3.63) is 0 Å². The molecule has 1 N–H and O–H groups in total. The van der Waals surface area contributed by atoms with E-state index >= 15 is 0 Å². The van der Waals surface area contributed by atoms with E-state index in [9.17, 15) is 4.79 Å². The van der Waals surface area contributed by atoms with E-state index in [1.54, 1.807) is 6.92 Å². The maximum Gasteiger partial charge on any atom is 0.237 e. The third kappa shape index (κ3) is 3.49. The Kier molecular flexibility index (Phi) is 4.73. The van der Waals surface area contributed by atoms with Crippen molar-refractivity contribution in [2.75, 3.05) is 0 Å². The van der Waals surface area contributed by atoms with Gasteiger partial charge in [-0.25, -0.2) is 0 Å². The van der Waals surface area contributed by atoms with Crippen molar-refractivity contribution in [3.63, 3.8) is 0 Å². The van der Waals surface area contributed by atoms with E-state index < -0.39 is 5.38 Å². The van der Waals surface area contributed by atoms with Gasteiger partial charge in [0.25, 0.3) is 0 Å². The van der Waals surface area contributed by atoms with E-state index in [0.717, 1.165) is 0 Å². The van der Waals surface area contributed by atoms with E-state index in [1.807, 2.05) is 0 Å². The summed E-state index contributed by atoms with van der Waals surface area (Å²) in [5, 5.41) is 2.56. The second-order valence-electron chi connectivity index (χ2n) is 4.31. The summed E-state index contributed by atoms with van der Waals surface area (Å²) in [4.78, 5) is 11.4. The fraction of sp³-hybridized carbons (Fsp3) is 0.909. The van der Waals surface area contributed by atoms with Crippen LogP contribution in [-0.4, -0.2) is 17.3 Å². The Morgan fingerprint density at radius 1 is 1.29 bits per heavy atom. The van der Waals surface area contributed by atoms with Crippen molar-refractivity contribution >= 4 is 17.5 Å². The van der Waals surface area contributed by atoms with Gasteiger partial charge in [0, 0.05) is 6.04 Å². The number of alkyl halides is 1. The van der Waals surface area contributed by atoms with Gasteiger partial charge in [0.15, 0.2) is 0 Å². The minimum absolute atomic E-state index is 0.0373. The zero-order valence-electron chi connectivity index (χ0n) is 9.05. The fourth-order valence-electron chi connectivity index (χ4n) is 2.09. The number of hydrogen-bond acceptors (Lipinski definition) is 1. The number of carbonyl (C=O) groups excluding carboxylic acids is 1. The third-order valence-electron chi connectivity index (χ3n) is 3.09. The van der Waals surface area contributed by atoms with Crippen LogP contribution in [0.5, 0.6) is 0 Å². The molecule has 0 spiro atoms.